The van der Waals surface area contributed by atoms with Crippen LogP contribution < -0.4 is 10.0 Å². The van der Waals surface area contributed by atoms with Gasteiger partial charge in [-0.15, -0.1) is 0 Å². The third-order valence-corrected chi connectivity index (χ3v) is 6.60. The van der Waals surface area contributed by atoms with Crippen molar-refractivity contribution in [2.75, 3.05) is 16.6 Å². The predicted octanol–water partition coefficient (Wildman–Crippen LogP) is 4.43. The molecule has 0 aliphatic rings. The van der Waals surface area contributed by atoms with Crippen LogP contribution in [0.15, 0.2) is 53.4 Å². The van der Waals surface area contributed by atoms with E-state index in [0.717, 1.165) is 12.1 Å². The average Bonchev–Trinajstić information content (AvgIpc) is 3.08. The summed E-state index contributed by atoms with van der Waals surface area (Å²) in [4.78, 5) is 28.1. The topological polar surface area (TPSA) is 117 Å². The predicted molar refractivity (Wildman–Crippen MR) is 127 cm³/mol. The number of esters is 1. The molecule has 0 bridgehead atoms. The zero-order valence-corrected chi connectivity index (χ0v) is 20.0. The highest BCUT2D eigenvalue weighted by Crippen LogP contribution is 2.23. The summed E-state index contributed by atoms with van der Waals surface area (Å²) < 4.78 is 45.4. The average molecular weight is 488 g/mol. The first kappa shape index (κ1) is 25.0. The summed E-state index contributed by atoms with van der Waals surface area (Å²) in [5, 5.41) is 3.07. The van der Waals surface area contributed by atoms with Gasteiger partial charge in [0.1, 0.15) is 5.82 Å². The van der Waals surface area contributed by atoms with Crippen LogP contribution in [0.1, 0.15) is 46.0 Å². The number of aromatic nitrogens is 1. The van der Waals surface area contributed by atoms with Crippen LogP contribution >= 0.6 is 0 Å². The lowest BCUT2D eigenvalue weighted by molar-refractivity contribution is 0.0525. The fraction of sp³-hybridized carbons (Fsp3) is 0.250. The van der Waals surface area contributed by atoms with Gasteiger partial charge in [0.25, 0.3) is 10.0 Å². The minimum Gasteiger partial charge on any atom is -0.462 e. The fourth-order valence-corrected chi connectivity index (χ4v) is 4.56. The summed E-state index contributed by atoms with van der Waals surface area (Å²) in [6.07, 6.45) is 0. The number of nitrogens with one attached hydrogen (secondary N) is 3. The first-order valence-corrected chi connectivity index (χ1v) is 12.1. The number of carbonyl (C=O) groups excluding carboxylic acids is 2. The van der Waals surface area contributed by atoms with Gasteiger partial charge in [0.05, 0.1) is 28.8 Å². The molecule has 2 aromatic carbocycles. The van der Waals surface area contributed by atoms with Crippen LogP contribution in [0.3, 0.4) is 0 Å². The second-order valence-corrected chi connectivity index (χ2v) is 9.39. The number of Topliss-reactive ketones (excluding diaryl/α,β-unsaturated/α-hetero) is 1. The van der Waals surface area contributed by atoms with Crippen molar-refractivity contribution in [1.82, 2.24) is 4.98 Å². The quantitative estimate of drug-likeness (QED) is 0.304. The lowest BCUT2D eigenvalue weighted by Gasteiger charge is -2.15. The van der Waals surface area contributed by atoms with Crippen molar-refractivity contribution in [1.29, 1.82) is 0 Å². The molecule has 1 atom stereocenters. The van der Waals surface area contributed by atoms with Crippen molar-refractivity contribution in [2.45, 2.75) is 38.6 Å². The minimum atomic E-state index is -3.87. The molecule has 3 N–H and O–H groups in total. The third-order valence-electron chi connectivity index (χ3n) is 5.20. The maximum atomic E-state index is 13.1. The van der Waals surface area contributed by atoms with Gasteiger partial charge in [0, 0.05) is 17.1 Å². The molecule has 3 aromatic rings. The third kappa shape index (κ3) is 5.45. The van der Waals surface area contributed by atoms with Crippen molar-refractivity contribution < 1.29 is 27.1 Å². The van der Waals surface area contributed by atoms with E-state index in [9.17, 15) is 22.4 Å². The number of sulfonamides is 1. The molecule has 0 amide bonds. The molecule has 0 spiro atoms. The van der Waals surface area contributed by atoms with Crippen molar-refractivity contribution in [2.24, 2.45) is 0 Å². The number of ether oxygens (including phenoxy) is 1. The second-order valence-electron chi connectivity index (χ2n) is 7.71. The summed E-state index contributed by atoms with van der Waals surface area (Å²) in [6.45, 7) is 7.04. The molecule has 0 saturated heterocycles. The Morgan fingerprint density at radius 2 is 1.62 bits per heavy atom. The second kappa shape index (κ2) is 10.1. The Morgan fingerprint density at radius 3 is 2.21 bits per heavy atom. The van der Waals surface area contributed by atoms with Crippen molar-refractivity contribution in [3.05, 3.63) is 76.9 Å². The molecule has 3 rings (SSSR count). The normalized spacial score (nSPS) is 12.1. The van der Waals surface area contributed by atoms with E-state index in [0.29, 0.717) is 33.9 Å². The Balaban J connectivity index is 1.70. The van der Waals surface area contributed by atoms with Crippen LogP contribution in [0.2, 0.25) is 0 Å². The van der Waals surface area contributed by atoms with E-state index >= 15 is 0 Å². The van der Waals surface area contributed by atoms with Gasteiger partial charge in [-0.05, 0) is 81.8 Å². The Bertz CT molecular complexity index is 1300. The molecule has 0 aliphatic heterocycles. The molecule has 0 radical (unpaired) electrons. The lowest BCUT2D eigenvalue weighted by atomic mass is 10.0. The Hall–Kier alpha value is -3.66. The molecule has 1 heterocycles. The maximum absolute atomic E-state index is 13.1. The van der Waals surface area contributed by atoms with E-state index in [1.807, 2.05) is 0 Å². The number of benzene rings is 2. The number of rotatable bonds is 9. The van der Waals surface area contributed by atoms with Crippen molar-refractivity contribution in [3.63, 3.8) is 0 Å². The van der Waals surface area contributed by atoms with Gasteiger partial charge in [-0.2, -0.15) is 0 Å². The number of aromatic amines is 1. The molecule has 0 unspecified atom stereocenters. The standard InChI is InChI=1S/C24H26FN3O5S/c1-5-33-24(30)21-14(2)22(27-15(21)3)23(29)16(4)26-18-8-10-19(11-9-18)28-34(31,32)20-12-6-17(25)7-13-20/h6-13,16,26-28H,5H2,1-4H3/t16-/m1/s1. The fourth-order valence-electron chi connectivity index (χ4n) is 3.50. The molecular weight excluding hydrogens is 461 g/mol. The highest BCUT2D eigenvalue weighted by molar-refractivity contribution is 7.92. The molecular formula is C24H26FN3O5S. The summed E-state index contributed by atoms with van der Waals surface area (Å²) in [7, 11) is -3.87. The summed E-state index contributed by atoms with van der Waals surface area (Å²) in [5.74, 6) is -1.25. The Kier molecular flexibility index (Phi) is 7.41. The maximum Gasteiger partial charge on any atom is 0.340 e. The Labute approximate surface area is 197 Å². The zero-order valence-electron chi connectivity index (χ0n) is 19.2. The highest BCUT2D eigenvalue weighted by Gasteiger charge is 2.25. The van der Waals surface area contributed by atoms with Crippen LogP contribution in [-0.4, -0.2) is 37.8 Å². The number of H-pyrrole nitrogens is 1. The summed E-state index contributed by atoms with van der Waals surface area (Å²) in [5.41, 5.74) is 2.67. The van der Waals surface area contributed by atoms with Gasteiger partial charge < -0.3 is 15.0 Å². The largest absolute Gasteiger partial charge is 0.462 e. The van der Waals surface area contributed by atoms with Gasteiger partial charge in [-0.3, -0.25) is 9.52 Å². The van der Waals surface area contributed by atoms with Gasteiger partial charge >= 0.3 is 5.97 Å². The lowest BCUT2D eigenvalue weighted by Crippen LogP contribution is -2.27. The highest BCUT2D eigenvalue weighted by atomic mass is 32.2. The van der Waals surface area contributed by atoms with E-state index < -0.39 is 27.9 Å². The Morgan fingerprint density at radius 1 is 1.03 bits per heavy atom. The number of aryl methyl sites for hydroxylation is 1. The first-order valence-electron chi connectivity index (χ1n) is 10.6. The van der Waals surface area contributed by atoms with E-state index in [-0.39, 0.29) is 17.3 Å². The number of carbonyl (C=O) groups is 2. The molecule has 0 saturated carbocycles. The van der Waals surface area contributed by atoms with Gasteiger partial charge in [-0.25, -0.2) is 17.6 Å². The smallest absolute Gasteiger partial charge is 0.340 e. The van der Waals surface area contributed by atoms with E-state index in [1.165, 1.54) is 12.1 Å². The molecule has 34 heavy (non-hydrogen) atoms. The molecule has 0 aliphatic carbocycles. The van der Waals surface area contributed by atoms with Crippen molar-refractivity contribution in [3.8, 4) is 0 Å². The summed E-state index contributed by atoms with van der Waals surface area (Å²) in [6, 6.07) is 10.2. The van der Waals surface area contributed by atoms with Crippen LogP contribution in [-0.2, 0) is 14.8 Å². The molecule has 0 fully saturated rings. The number of ketones is 1. The molecule has 1 aromatic heterocycles. The number of halogens is 1. The number of hydrogen-bond acceptors (Lipinski definition) is 6. The zero-order chi connectivity index (χ0) is 25.0. The van der Waals surface area contributed by atoms with Crippen molar-refractivity contribution >= 4 is 33.2 Å². The number of hydrogen-bond donors (Lipinski definition) is 3. The SMILES string of the molecule is CCOC(=O)c1c(C)[nH]c(C(=O)[C@@H](C)Nc2ccc(NS(=O)(=O)c3ccc(F)cc3)cc2)c1C. The summed E-state index contributed by atoms with van der Waals surface area (Å²) >= 11 is 0. The van der Waals surface area contributed by atoms with Crippen LogP contribution in [0.4, 0.5) is 15.8 Å². The van der Waals surface area contributed by atoms with Gasteiger partial charge in [0.15, 0.2) is 0 Å². The van der Waals surface area contributed by atoms with E-state index in [1.54, 1.807) is 52.0 Å². The minimum absolute atomic E-state index is 0.0610. The van der Waals surface area contributed by atoms with Crippen LogP contribution in [0, 0.1) is 19.7 Å². The van der Waals surface area contributed by atoms with E-state index in [2.05, 4.69) is 15.0 Å². The monoisotopic (exact) mass is 487 g/mol. The van der Waals surface area contributed by atoms with E-state index in [4.69, 9.17) is 4.74 Å². The molecule has 10 heteroatoms. The van der Waals surface area contributed by atoms with Crippen LogP contribution in [0.5, 0.6) is 0 Å². The molecule has 8 nitrogen and oxygen atoms in total. The van der Waals surface area contributed by atoms with Gasteiger partial charge in [0.2, 0.25) is 5.78 Å². The van der Waals surface area contributed by atoms with Crippen LogP contribution in [0.25, 0.3) is 0 Å². The van der Waals surface area contributed by atoms with Gasteiger partial charge in [-0.1, -0.05) is 0 Å². The first-order chi connectivity index (χ1) is 16.0. The molecule has 180 valence electrons. The number of anilines is 2.